The number of amides is 1. The fraction of sp³-hybridized carbons (Fsp3) is 0.304. The zero-order valence-electron chi connectivity index (χ0n) is 16.9. The van der Waals surface area contributed by atoms with E-state index in [0.717, 1.165) is 29.5 Å². The van der Waals surface area contributed by atoms with Gasteiger partial charge in [-0.2, -0.15) is 0 Å². The Kier molecular flexibility index (Phi) is 5.63. The van der Waals surface area contributed by atoms with Crippen LogP contribution in [0.25, 0.3) is 11.0 Å². The Morgan fingerprint density at radius 2 is 2.10 bits per heavy atom. The molecule has 0 fully saturated rings. The number of ketones is 1. The fourth-order valence-corrected chi connectivity index (χ4v) is 4.68. The third-order valence-electron chi connectivity index (χ3n) is 5.32. The average Bonchev–Trinajstić information content (AvgIpc) is 3.48. The molecule has 0 bridgehead atoms. The Morgan fingerprint density at radius 1 is 1.27 bits per heavy atom. The molecule has 1 aromatic carbocycles. The lowest BCUT2D eigenvalue weighted by molar-refractivity contribution is -0.129. The largest absolute Gasteiger partial charge is 0.503 e. The van der Waals surface area contributed by atoms with E-state index in [4.69, 9.17) is 9.15 Å². The van der Waals surface area contributed by atoms with E-state index in [1.807, 2.05) is 29.6 Å². The number of para-hydroxylation sites is 1. The molecule has 1 atom stereocenters. The van der Waals surface area contributed by atoms with Gasteiger partial charge in [-0.3, -0.25) is 9.59 Å². The third kappa shape index (κ3) is 3.39. The first kappa shape index (κ1) is 20.2. The number of unbranched alkanes of at least 4 members (excludes halogenated alkanes) is 2. The smallest absolute Gasteiger partial charge is 0.290 e. The molecule has 156 valence electrons. The highest BCUT2D eigenvalue weighted by molar-refractivity contribution is 7.10. The number of aliphatic hydroxyl groups excluding tert-OH is 1. The summed E-state index contributed by atoms with van der Waals surface area (Å²) in [6, 6.07) is 10.1. The molecule has 2 aromatic heterocycles. The summed E-state index contributed by atoms with van der Waals surface area (Å²) in [6.07, 6.45) is 2.78. The number of benzene rings is 1. The Balaban J connectivity index is 1.75. The van der Waals surface area contributed by atoms with Gasteiger partial charge in [-0.25, -0.2) is 0 Å². The second-order valence-corrected chi connectivity index (χ2v) is 8.18. The molecular formula is C23H23NO5S. The van der Waals surface area contributed by atoms with E-state index < -0.39 is 23.5 Å². The first-order chi connectivity index (χ1) is 14.6. The number of rotatable bonds is 8. The number of fused-ring (bicyclic) bond motifs is 1. The van der Waals surface area contributed by atoms with Gasteiger partial charge >= 0.3 is 0 Å². The number of carbonyl (C=O) groups excluding carboxylic acids is 2. The summed E-state index contributed by atoms with van der Waals surface area (Å²) in [5.41, 5.74) is 0.525. The maximum atomic E-state index is 13.4. The number of aliphatic hydroxyl groups is 1. The van der Waals surface area contributed by atoms with Gasteiger partial charge in [-0.15, -0.1) is 11.3 Å². The lowest BCUT2D eigenvalue weighted by Gasteiger charge is -2.25. The van der Waals surface area contributed by atoms with Crippen LogP contribution in [0.1, 0.15) is 47.7 Å². The third-order valence-corrected chi connectivity index (χ3v) is 6.24. The zero-order chi connectivity index (χ0) is 21.3. The normalized spacial score (nSPS) is 16.7. The van der Waals surface area contributed by atoms with Crippen LogP contribution in [0.3, 0.4) is 0 Å². The average molecular weight is 426 g/mol. The molecule has 0 saturated heterocycles. The SMILES string of the molecule is CCCCCN1C(=O)C(O)=C(C(=O)c2cc3cccc(OC)c3o2)C1c1cccs1. The summed E-state index contributed by atoms with van der Waals surface area (Å²) in [7, 11) is 1.53. The molecule has 1 N–H and O–H groups in total. The number of hydrogen-bond acceptors (Lipinski definition) is 6. The van der Waals surface area contributed by atoms with Gasteiger partial charge in [0.05, 0.1) is 18.7 Å². The van der Waals surface area contributed by atoms with Crippen LogP contribution in [-0.2, 0) is 4.79 Å². The van der Waals surface area contributed by atoms with Crippen LogP contribution >= 0.6 is 11.3 Å². The van der Waals surface area contributed by atoms with Crippen LogP contribution < -0.4 is 4.74 Å². The van der Waals surface area contributed by atoms with Gasteiger partial charge in [0.25, 0.3) is 5.91 Å². The van der Waals surface area contributed by atoms with Crippen LogP contribution in [0.5, 0.6) is 5.75 Å². The van der Waals surface area contributed by atoms with E-state index in [0.29, 0.717) is 17.9 Å². The van der Waals surface area contributed by atoms with Gasteiger partial charge in [0.15, 0.2) is 22.9 Å². The number of carbonyl (C=O) groups is 2. The predicted octanol–water partition coefficient (Wildman–Crippen LogP) is 5.27. The summed E-state index contributed by atoms with van der Waals surface area (Å²) in [5.74, 6) is -0.913. The Bertz CT molecular complexity index is 1110. The molecule has 1 amide bonds. The van der Waals surface area contributed by atoms with Crippen molar-refractivity contribution in [3.8, 4) is 5.75 Å². The first-order valence-electron chi connectivity index (χ1n) is 9.95. The molecule has 1 unspecified atom stereocenters. The van der Waals surface area contributed by atoms with E-state index in [9.17, 15) is 14.7 Å². The van der Waals surface area contributed by atoms with Crippen molar-refractivity contribution in [1.82, 2.24) is 4.90 Å². The van der Waals surface area contributed by atoms with Crippen LogP contribution in [0.2, 0.25) is 0 Å². The van der Waals surface area contributed by atoms with Crippen molar-refractivity contribution < 1.29 is 23.8 Å². The van der Waals surface area contributed by atoms with Crippen molar-refractivity contribution in [3.63, 3.8) is 0 Å². The molecule has 1 aliphatic heterocycles. The minimum atomic E-state index is -0.614. The molecule has 0 radical (unpaired) electrons. The fourth-order valence-electron chi connectivity index (χ4n) is 3.83. The molecule has 4 rings (SSSR count). The van der Waals surface area contributed by atoms with E-state index in [1.54, 1.807) is 17.0 Å². The number of thiophene rings is 1. The second kappa shape index (κ2) is 8.36. The van der Waals surface area contributed by atoms with E-state index >= 15 is 0 Å². The molecule has 1 aliphatic rings. The van der Waals surface area contributed by atoms with Gasteiger partial charge in [0.1, 0.15) is 0 Å². The molecule has 7 heteroatoms. The van der Waals surface area contributed by atoms with Crippen LogP contribution in [-0.4, -0.2) is 35.4 Å². The summed E-state index contributed by atoms with van der Waals surface area (Å²) >= 11 is 1.45. The number of furan rings is 1. The van der Waals surface area contributed by atoms with E-state index in [1.165, 1.54) is 18.4 Å². The Hall–Kier alpha value is -3.06. The molecule has 0 aliphatic carbocycles. The molecular weight excluding hydrogens is 402 g/mol. The number of hydrogen-bond donors (Lipinski definition) is 1. The minimum absolute atomic E-state index is 0.0666. The highest BCUT2D eigenvalue weighted by Crippen LogP contribution is 2.41. The Morgan fingerprint density at radius 3 is 2.80 bits per heavy atom. The lowest BCUT2D eigenvalue weighted by Crippen LogP contribution is -2.31. The minimum Gasteiger partial charge on any atom is -0.503 e. The van der Waals surface area contributed by atoms with E-state index in [-0.39, 0.29) is 11.3 Å². The topological polar surface area (TPSA) is 80.0 Å². The highest BCUT2D eigenvalue weighted by Gasteiger charge is 2.44. The molecule has 0 saturated carbocycles. The summed E-state index contributed by atoms with van der Waals surface area (Å²) in [5, 5.41) is 13.3. The van der Waals surface area contributed by atoms with E-state index in [2.05, 4.69) is 6.92 Å². The van der Waals surface area contributed by atoms with Crippen molar-refractivity contribution in [2.75, 3.05) is 13.7 Å². The summed E-state index contributed by atoms with van der Waals surface area (Å²) in [4.78, 5) is 28.7. The molecule has 30 heavy (non-hydrogen) atoms. The number of methoxy groups -OCH3 is 1. The second-order valence-electron chi connectivity index (χ2n) is 7.20. The van der Waals surface area contributed by atoms with Crippen molar-refractivity contribution in [1.29, 1.82) is 0 Å². The maximum Gasteiger partial charge on any atom is 0.290 e. The first-order valence-corrected chi connectivity index (χ1v) is 10.8. The maximum absolute atomic E-state index is 13.4. The number of ether oxygens (including phenoxy) is 1. The Labute approximate surface area is 178 Å². The summed E-state index contributed by atoms with van der Waals surface area (Å²) < 4.78 is 11.1. The molecule has 0 spiro atoms. The van der Waals surface area contributed by atoms with Crippen molar-refractivity contribution in [2.24, 2.45) is 0 Å². The monoisotopic (exact) mass is 425 g/mol. The van der Waals surface area contributed by atoms with Gasteiger partial charge in [-0.05, 0) is 30.0 Å². The van der Waals surface area contributed by atoms with Gasteiger partial charge in [0.2, 0.25) is 5.78 Å². The van der Waals surface area contributed by atoms with Gasteiger partial charge < -0.3 is 19.2 Å². The zero-order valence-corrected chi connectivity index (χ0v) is 17.7. The molecule has 3 heterocycles. The van der Waals surface area contributed by atoms with Crippen molar-refractivity contribution in [3.05, 3.63) is 63.7 Å². The lowest BCUT2D eigenvalue weighted by atomic mass is 10.00. The molecule has 6 nitrogen and oxygen atoms in total. The highest BCUT2D eigenvalue weighted by atomic mass is 32.1. The molecule has 3 aromatic rings. The summed E-state index contributed by atoms with van der Waals surface area (Å²) in [6.45, 7) is 2.56. The quantitative estimate of drug-likeness (QED) is 0.393. The van der Waals surface area contributed by atoms with Crippen molar-refractivity contribution >= 4 is 34.0 Å². The van der Waals surface area contributed by atoms with Crippen LogP contribution in [0.4, 0.5) is 0 Å². The predicted molar refractivity (Wildman–Crippen MR) is 115 cm³/mol. The van der Waals surface area contributed by atoms with Gasteiger partial charge in [0, 0.05) is 16.8 Å². The van der Waals surface area contributed by atoms with Gasteiger partial charge in [-0.1, -0.05) is 38.0 Å². The standard InChI is InChI=1S/C23H23NO5S/c1-3-4-5-11-24-19(17-10-7-12-30-17)18(21(26)23(24)27)20(25)16-13-14-8-6-9-15(28-2)22(14)29-16/h6-10,12-13,19,26H,3-5,11H2,1-2H3. The van der Waals surface area contributed by atoms with Crippen LogP contribution in [0, 0.1) is 0 Å². The number of Topliss-reactive ketones (excluding diaryl/α,β-unsaturated/α-hetero) is 1. The number of nitrogens with zero attached hydrogens (tertiary/aromatic N) is 1. The van der Waals surface area contributed by atoms with Crippen LogP contribution in [0.15, 0.2) is 57.5 Å². The van der Waals surface area contributed by atoms with Crippen molar-refractivity contribution in [2.45, 2.75) is 32.2 Å².